The number of aromatic amines is 1. The van der Waals surface area contributed by atoms with Crippen LogP contribution in [0.25, 0.3) is 0 Å². The van der Waals surface area contributed by atoms with E-state index < -0.39 is 0 Å². The first kappa shape index (κ1) is 23.0. The number of hydrogen-bond acceptors (Lipinski definition) is 5. The van der Waals surface area contributed by atoms with Gasteiger partial charge in [0.2, 0.25) is 0 Å². The van der Waals surface area contributed by atoms with Gasteiger partial charge in [-0.05, 0) is 43.1 Å². The summed E-state index contributed by atoms with van der Waals surface area (Å²) in [6.45, 7) is 2.76. The molecule has 8 nitrogen and oxygen atoms in total. The molecule has 0 saturated heterocycles. The quantitative estimate of drug-likeness (QED) is 0.658. The van der Waals surface area contributed by atoms with Crippen LogP contribution in [0, 0.1) is 0 Å². The molecule has 2 aromatic rings. The van der Waals surface area contributed by atoms with Crippen molar-refractivity contribution in [3.05, 3.63) is 47.5 Å². The standard InChI is InChI=1S/C23H33N5O3/c1-31-16-22(29)28-12-6-4-2-3-5-10-24-14-19-13-18(7-8-21(19)28)23(30)26-11-9-20-15-25-17-27-20/h7-8,13,15,17,24H,2-6,9-12,14,16H2,1H3,(H,25,27)(H,26,30). The van der Waals surface area contributed by atoms with Crippen LogP contribution in [0.3, 0.4) is 0 Å². The van der Waals surface area contributed by atoms with Crippen LogP contribution >= 0.6 is 0 Å². The van der Waals surface area contributed by atoms with Gasteiger partial charge in [-0.2, -0.15) is 0 Å². The lowest BCUT2D eigenvalue weighted by Crippen LogP contribution is -2.36. The van der Waals surface area contributed by atoms with Crippen LogP contribution < -0.4 is 15.5 Å². The summed E-state index contributed by atoms with van der Waals surface area (Å²) < 4.78 is 5.10. The molecule has 0 unspecified atom stereocenters. The van der Waals surface area contributed by atoms with Crippen molar-refractivity contribution in [1.82, 2.24) is 20.6 Å². The molecule has 0 spiro atoms. The molecule has 2 amide bonds. The van der Waals surface area contributed by atoms with Crippen molar-refractivity contribution in [2.45, 2.75) is 45.1 Å². The van der Waals surface area contributed by atoms with Gasteiger partial charge in [-0.1, -0.05) is 19.3 Å². The molecule has 3 rings (SSSR count). The predicted molar refractivity (Wildman–Crippen MR) is 120 cm³/mol. The third-order valence-electron chi connectivity index (χ3n) is 5.49. The number of rotatable bonds is 6. The number of benzene rings is 1. The number of carbonyl (C=O) groups is 2. The Morgan fingerprint density at radius 1 is 1.19 bits per heavy atom. The van der Waals surface area contributed by atoms with Crippen LogP contribution in [0.15, 0.2) is 30.7 Å². The zero-order valence-electron chi connectivity index (χ0n) is 18.3. The summed E-state index contributed by atoms with van der Waals surface area (Å²) in [6, 6.07) is 5.58. The van der Waals surface area contributed by atoms with E-state index in [0.717, 1.165) is 42.8 Å². The number of carbonyl (C=O) groups excluding carboxylic acids is 2. The maximum atomic E-state index is 12.7. The molecular weight excluding hydrogens is 394 g/mol. The summed E-state index contributed by atoms with van der Waals surface area (Å²) in [5.41, 5.74) is 3.38. The van der Waals surface area contributed by atoms with Crippen molar-refractivity contribution in [3.63, 3.8) is 0 Å². The maximum absolute atomic E-state index is 12.7. The second-order valence-corrected chi connectivity index (χ2v) is 7.85. The zero-order valence-corrected chi connectivity index (χ0v) is 18.3. The molecular formula is C23H33N5O3. The van der Waals surface area contributed by atoms with E-state index in [-0.39, 0.29) is 18.4 Å². The first-order valence-electron chi connectivity index (χ1n) is 11.1. The minimum absolute atomic E-state index is 0.0444. The Kier molecular flexibility index (Phi) is 9.05. The fourth-order valence-electron chi connectivity index (χ4n) is 3.82. The first-order valence-corrected chi connectivity index (χ1v) is 11.1. The Morgan fingerprint density at radius 3 is 2.84 bits per heavy atom. The molecule has 1 aliphatic heterocycles. The normalized spacial score (nSPS) is 15.5. The lowest BCUT2D eigenvalue weighted by molar-refractivity contribution is -0.122. The number of nitrogens with one attached hydrogen (secondary N) is 3. The highest BCUT2D eigenvalue weighted by Gasteiger charge is 2.20. The van der Waals surface area contributed by atoms with Crippen molar-refractivity contribution in [2.24, 2.45) is 0 Å². The van der Waals surface area contributed by atoms with E-state index in [9.17, 15) is 9.59 Å². The Labute approximate surface area is 183 Å². The summed E-state index contributed by atoms with van der Waals surface area (Å²) in [6.07, 6.45) is 9.63. The second-order valence-electron chi connectivity index (χ2n) is 7.85. The van der Waals surface area contributed by atoms with E-state index in [0.29, 0.717) is 31.6 Å². The summed E-state index contributed by atoms with van der Waals surface area (Å²) in [4.78, 5) is 34.3. The third-order valence-corrected chi connectivity index (χ3v) is 5.49. The summed E-state index contributed by atoms with van der Waals surface area (Å²) in [7, 11) is 1.54. The Balaban J connectivity index is 1.76. The molecule has 0 radical (unpaired) electrons. The molecule has 0 aliphatic carbocycles. The smallest absolute Gasteiger partial charge is 0.252 e. The number of aromatic nitrogens is 2. The molecule has 0 fully saturated rings. The molecule has 1 aromatic carbocycles. The van der Waals surface area contributed by atoms with Crippen molar-refractivity contribution < 1.29 is 14.3 Å². The van der Waals surface area contributed by atoms with Crippen molar-refractivity contribution in [3.8, 4) is 0 Å². The topological polar surface area (TPSA) is 99.3 Å². The van der Waals surface area contributed by atoms with E-state index in [1.54, 1.807) is 18.6 Å². The number of anilines is 1. The largest absolute Gasteiger partial charge is 0.375 e. The fourth-order valence-corrected chi connectivity index (χ4v) is 3.82. The minimum Gasteiger partial charge on any atom is -0.375 e. The van der Waals surface area contributed by atoms with Gasteiger partial charge in [0, 0.05) is 56.3 Å². The van der Waals surface area contributed by atoms with Gasteiger partial charge in [0.1, 0.15) is 6.61 Å². The Bertz CT molecular complexity index is 838. The van der Waals surface area contributed by atoms with Gasteiger partial charge in [-0.25, -0.2) is 4.98 Å². The number of imidazole rings is 1. The van der Waals surface area contributed by atoms with E-state index in [1.807, 2.05) is 17.0 Å². The Hall–Kier alpha value is -2.71. The number of nitrogens with zero attached hydrogens (tertiary/aromatic N) is 2. The van der Waals surface area contributed by atoms with Gasteiger partial charge in [-0.15, -0.1) is 0 Å². The molecule has 2 heterocycles. The summed E-state index contributed by atoms with van der Waals surface area (Å²) in [5, 5.41) is 6.43. The number of ether oxygens (including phenoxy) is 1. The van der Waals surface area contributed by atoms with Gasteiger partial charge in [0.15, 0.2) is 0 Å². The van der Waals surface area contributed by atoms with Crippen LogP contribution in [0.1, 0.15) is 53.7 Å². The van der Waals surface area contributed by atoms with Crippen molar-refractivity contribution in [1.29, 1.82) is 0 Å². The number of fused-ring (bicyclic) bond motifs is 1. The van der Waals surface area contributed by atoms with Gasteiger partial charge in [0.05, 0.1) is 6.33 Å². The number of methoxy groups -OCH3 is 1. The van der Waals surface area contributed by atoms with Gasteiger partial charge in [0.25, 0.3) is 11.8 Å². The molecule has 1 aliphatic rings. The average molecular weight is 428 g/mol. The fraction of sp³-hybridized carbons (Fsp3) is 0.522. The summed E-state index contributed by atoms with van der Waals surface area (Å²) >= 11 is 0. The van der Waals surface area contributed by atoms with Crippen molar-refractivity contribution >= 4 is 17.5 Å². The molecule has 31 heavy (non-hydrogen) atoms. The van der Waals surface area contributed by atoms with E-state index in [2.05, 4.69) is 20.6 Å². The molecule has 0 saturated carbocycles. The number of hydrogen-bond donors (Lipinski definition) is 3. The highest BCUT2D eigenvalue weighted by molar-refractivity contribution is 5.98. The highest BCUT2D eigenvalue weighted by atomic mass is 16.5. The number of amides is 2. The number of H-pyrrole nitrogens is 1. The van der Waals surface area contributed by atoms with Crippen LogP contribution in [0.4, 0.5) is 5.69 Å². The SMILES string of the molecule is COCC(=O)N1CCCCCCCNCc2cc(C(=O)NCCc3cnc[nH]3)ccc21. The lowest BCUT2D eigenvalue weighted by atomic mass is 10.0. The maximum Gasteiger partial charge on any atom is 0.252 e. The predicted octanol–water partition coefficient (Wildman–Crippen LogP) is 2.42. The molecule has 1 aromatic heterocycles. The summed E-state index contributed by atoms with van der Waals surface area (Å²) in [5.74, 6) is -0.180. The monoisotopic (exact) mass is 427 g/mol. The molecule has 0 atom stereocenters. The molecule has 168 valence electrons. The third kappa shape index (κ3) is 6.90. The van der Waals surface area contributed by atoms with Crippen LogP contribution in [0.5, 0.6) is 0 Å². The first-order chi connectivity index (χ1) is 15.2. The minimum atomic E-state index is -0.122. The van der Waals surface area contributed by atoms with Gasteiger partial charge >= 0.3 is 0 Å². The van der Waals surface area contributed by atoms with E-state index in [4.69, 9.17) is 4.74 Å². The average Bonchev–Trinajstić information content (AvgIpc) is 3.28. The van der Waals surface area contributed by atoms with Crippen LogP contribution in [0.2, 0.25) is 0 Å². The molecule has 3 N–H and O–H groups in total. The van der Waals surface area contributed by atoms with Crippen LogP contribution in [-0.4, -0.2) is 55.1 Å². The van der Waals surface area contributed by atoms with Gasteiger partial charge < -0.3 is 25.3 Å². The Morgan fingerprint density at radius 2 is 2.03 bits per heavy atom. The van der Waals surface area contributed by atoms with Crippen LogP contribution in [-0.2, 0) is 22.5 Å². The molecule has 8 heteroatoms. The zero-order chi connectivity index (χ0) is 21.9. The van der Waals surface area contributed by atoms with E-state index in [1.165, 1.54) is 20.0 Å². The van der Waals surface area contributed by atoms with Gasteiger partial charge in [-0.3, -0.25) is 9.59 Å². The lowest BCUT2D eigenvalue weighted by Gasteiger charge is -2.26. The highest BCUT2D eigenvalue weighted by Crippen LogP contribution is 2.24. The second kappa shape index (κ2) is 12.2. The van der Waals surface area contributed by atoms with Crippen molar-refractivity contribution in [2.75, 3.05) is 38.3 Å². The van der Waals surface area contributed by atoms with E-state index >= 15 is 0 Å². The molecule has 0 bridgehead atoms.